The number of nitrogens with one attached hydrogen (secondary N) is 1. The molecule has 0 aliphatic heterocycles. The van der Waals surface area contributed by atoms with Gasteiger partial charge in [-0.1, -0.05) is 35.5 Å². The molecule has 0 aliphatic rings. The topological polar surface area (TPSA) is 94.3 Å². The lowest BCUT2D eigenvalue weighted by Crippen LogP contribution is -2.27. The third-order valence-electron chi connectivity index (χ3n) is 3.76. The Morgan fingerprint density at radius 3 is 2.50 bits per heavy atom. The van der Waals surface area contributed by atoms with Gasteiger partial charge in [-0.2, -0.15) is 4.98 Å². The molecule has 0 atom stereocenters. The normalized spacial score (nSPS) is 11.4. The molecule has 3 aromatic rings. The maximum Gasteiger partial charge on any atom is 0.242 e. The largest absolute Gasteiger partial charge is 0.497 e. The number of hydrogen-bond acceptors (Lipinski definition) is 6. The van der Waals surface area contributed by atoms with E-state index in [9.17, 15) is 8.42 Å². The van der Waals surface area contributed by atoms with Crippen molar-refractivity contribution in [2.75, 3.05) is 12.9 Å². The average Bonchev–Trinajstić information content (AvgIpc) is 3.15. The molecular weight excluding hydrogens is 354 g/mol. The molecule has 0 fully saturated rings. The summed E-state index contributed by atoms with van der Waals surface area (Å²) in [6, 6.07) is 16.6. The van der Waals surface area contributed by atoms with Gasteiger partial charge < -0.3 is 9.26 Å². The summed E-state index contributed by atoms with van der Waals surface area (Å²) in [5.41, 5.74) is 1.73. The fourth-order valence-corrected chi connectivity index (χ4v) is 3.32. The molecule has 7 nitrogen and oxygen atoms in total. The molecule has 0 saturated heterocycles. The molecule has 1 N–H and O–H groups in total. The summed E-state index contributed by atoms with van der Waals surface area (Å²) in [6.45, 7) is -0.0414. The van der Waals surface area contributed by atoms with Crippen molar-refractivity contribution >= 4 is 10.0 Å². The Hall–Kier alpha value is -2.71. The van der Waals surface area contributed by atoms with Crippen LogP contribution in [0, 0.1) is 0 Å². The van der Waals surface area contributed by atoms with Gasteiger partial charge in [0, 0.05) is 5.56 Å². The Bertz CT molecular complexity index is 938. The van der Waals surface area contributed by atoms with E-state index in [1.807, 2.05) is 30.3 Å². The van der Waals surface area contributed by atoms with Gasteiger partial charge in [0.05, 0.1) is 19.4 Å². The van der Waals surface area contributed by atoms with Crippen molar-refractivity contribution in [2.45, 2.75) is 13.0 Å². The van der Waals surface area contributed by atoms with Gasteiger partial charge in [0.15, 0.2) is 0 Å². The number of aromatic nitrogens is 2. The Labute approximate surface area is 152 Å². The molecule has 0 radical (unpaired) electrons. The minimum absolute atomic E-state index is 0.00348. The lowest BCUT2D eigenvalue weighted by atomic mass is 10.2. The van der Waals surface area contributed by atoms with Gasteiger partial charge in [-0.3, -0.25) is 0 Å². The van der Waals surface area contributed by atoms with Gasteiger partial charge in [-0.15, -0.1) is 0 Å². The lowest BCUT2D eigenvalue weighted by molar-refractivity contribution is 0.376. The Kier molecular flexibility index (Phi) is 5.65. The standard InChI is InChI=1S/C18H19N3O4S/c1-24-16-9-7-15(8-10-16)18-20-17(25-21-18)13-19-26(22,23)12-11-14-5-3-2-4-6-14/h2-10,19H,11-13H2,1H3. The maximum atomic E-state index is 12.1. The molecule has 1 heterocycles. The van der Waals surface area contributed by atoms with Gasteiger partial charge in [0.1, 0.15) is 5.75 Å². The Morgan fingerprint density at radius 2 is 1.81 bits per heavy atom. The van der Waals surface area contributed by atoms with Crippen molar-refractivity contribution in [1.29, 1.82) is 0 Å². The molecule has 0 unspecified atom stereocenters. The SMILES string of the molecule is COc1ccc(-c2noc(CNS(=O)(=O)CCc3ccccc3)n2)cc1. The third kappa shape index (κ3) is 4.90. The van der Waals surface area contributed by atoms with Crippen molar-refractivity contribution < 1.29 is 17.7 Å². The molecule has 0 saturated carbocycles. The summed E-state index contributed by atoms with van der Waals surface area (Å²) in [5, 5.41) is 3.87. The van der Waals surface area contributed by atoms with Crippen LogP contribution in [-0.2, 0) is 23.0 Å². The smallest absolute Gasteiger partial charge is 0.242 e. The Morgan fingerprint density at radius 1 is 1.08 bits per heavy atom. The highest BCUT2D eigenvalue weighted by atomic mass is 32.2. The molecule has 3 rings (SSSR count). The average molecular weight is 373 g/mol. The van der Waals surface area contributed by atoms with E-state index >= 15 is 0 Å². The molecule has 1 aromatic heterocycles. The van der Waals surface area contributed by atoms with E-state index in [2.05, 4.69) is 14.9 Å². The minimum atomic E-state index is -3.44. The highest BCUT2D eigenvalue weighted by molar-refractivity contribution is 7.89. The predicted molar refractivity (Wildman–Crippen MR) is 97.1 cm³/mol. The maximum absolute atomic E-state index is 12.1. The van der Waals surface area contributed by atoms with Crippen LogP contribution < -0.4 is 9.46 Å². The van der Waals surface area contributed by atoms with E-state index in [1.165, 1.54) is 0 Å². The van der Waals surface area contributed by atoms with Crippen molar-refractivity contribution in [3.63, 3.8) is 0 Å². The monoisotopic (exact) mass is 373 g/mol. The fourth-order valence-electron chi connectivity index (χ4n) is 2.32. The molecule has 0 amide bonds. The molecular formula is C18H19N3O4S. The van der Waals surface area contributed by atoms with Crippen LogP contribution in [0.3, 0.4) is 0 Å². The van der Waals surface area contributed by atoms with Crippen LogP contribution >= 0.6 is 0 Å². The highest BCUT2D eigenvalue weighted by Crippen LogP contribution is 2.19. The van der Waals surface area contributed by atoms with Crippen LogP contribution in [0.2, 0.25) is 0 Å². The zero-order valence-electron chi connectivity index (χ0n) is 14.3. The molecule has 26 heavy (non-hydrogen) atoms. The minimum Gasteiger partial charge on any atom is -0.497 e. The predicted octanol–water partition coefficient (Wildman–Crippen LogP) is 2.41. The number of benzene rings is 2. The van der Waals surface area contributed by atoms with E-state index < -0.39 is 10.0 Å². The van der Waals surface area contributed by atoms with Crippen LogP contribution in [0.4, 0.5) is 0 Å². The molecule has 8 heteroatoms. The molecule has 2 aromatic carbocycles. The van der Waals surface area contributed by atoms with E-state index in [0.717, 1.165) is 16.9 Å². The number of nitrogens with zero attached hydrogens (tertiary/aromatic N) is 2. The van der Waals surface area contributed by atoms with Crippen molar-refractivity contribution in [2.24, 2.45) is 0 Å². The van der Waals surface area contributed by atoms with Crippen LogP contribution in [-0.4, -0.2) is 31.4 Å². The first-order valence-corrected chi connectivity index (χ1v) is 9.69. The lowest BCUT2D eigenvalue weighted by Gasteiger charge is -2.04. The number of rotatable bonds is 8. The quantitative estimate of drug-likeness (QED) is 0.652. The molecule has 0 aliphatic carbocycles. The van der Waals surface area contributed by atoms with Gasteiger partial charge in [0.2, 0.25) is 21.7 Å². The second-order valence-electron chi connectivity index (χ2n) is 5.62. The first-order chi connectivity index (χ1) is 12.6. The van der Waals surface area contributed by atoms with E-state index in [1.54, 1.807) is 31.4 Å². The summed E-state index contributed by atoms with van der Waals surface area (Å²) in [4.78, 5) is 4.21. The second-order valence-corrected chi connectivity index (χ2v) is 7.54. The third-order valence-corrected chi connectivity index (χ3v) is 5.09. The van der Waals surface area contributed by atoms with Crippen molar-refractivity contribution in [3.05, 3.63) is 66.1 Å². The second kappa shape index (κ2) is 8.11. The molecule has 136 valence electrons. The van der Waals surface area contributed by atoms with Crippen LogP contribution in [0.15, 0.2) is 59.1 Å². The summed E-state index contributed by atoms with van der Waals surface area (Å²) in [7, 11) is -1.85. The fraction of sp³-hybridized carbons (Fsp3) is 0.222. The van der Waals surface area contributed by atoms with Gasteiger partial charge >= 0.3 is 0 Å². The number of ether oxygens (including phenoxy) is 1. The van der Waals surface area contributed by atoms with Crippen LogP contribution in [0.1, 0.15) is 11.5 Å². The summed E-state index contributed by atoms with van der Waals surface area (Å²) in [5.74, 6) is 1.32. The zero-order valence-corrected chi connectivity index (χ0v) is 15.1. The van der Waals surface area contributed by atoms with Gasteiger partial charge in [-0.25, -0.2) is 13.1 Å². The van der Waals surface area contributed by atoms with Crippen LogP contribution in [0.5, 0.6) is 5.75 Å². The number of methoxy groups -OCH3 is 1. The molecule has 0 spiro atoms. The first-order valence-electron chi connectivity index (χ1n) is 8.04. The van der Waals surface area contributed by atoms with Gasteiger partial charge in [0.25, 0.3) is 0 Å². The van der Waals surface area contributed by atoms with Gasteiger partial charge in [-0.05, 0) is 36.2 Å². The summed E-state index contributed by atoms with van der Waals surface area (Å²) < 4.78 is 36.9. The number of sulfonamides is 1. The zero-order chi connectivity index (χ0) is 18.4. The number of aryl methyl sites for hydroxylation is 1. The molecule has 0 bridgehead atoms. The van der Waals surface area contributed by atoms with E-state index in [0.29, 0.717) is 12.2 Å². The van der Waals surface area contributed by atoms with E-state index in [4.69, 9.17) is 9.26 Å². The van der Waals surface area contributed by atoms with Crippen molar-refractivity contribution in [3.8, 4) is 17.1 Å². The Balaban J connectivity index is 1.56. The number of hydrogen-bond donors (Lipinski definition) is 1. The summed E-state index contributed by atoms with van der Waals surface area (Å²) in [6.07, 6.45) is 0.442. The van der Waals surface area contributed by atoms with Crippen LogP contribution in [0.25, 0.3) is 11.4 Å². The first kappa shape index (κ1) is 18.1. The highest BCUT2D eigenvalue weighted by Gasteiger charge is 2.14. The van der Waals surface area contributed by atoms with E-state index in [-0.39, 0.29) is 18.2 Å². The van der Waals surface area contributed by atoms with Crippen molar-refractivity contribution in [1.82, 2.24) is 14.9 Å². The summed E-state index contributed by atoms with van der Waals surface area (Å²) >= 11 is 0.